The molecule has 1 aliphatic rings. The van der Waals surface area contributed by atoms with E-state index in [9.17, 15) is 9.59 Å². The standard InChI is InChI=1S/C12H16N2O3S/c1-7(5-11(16)17-2)18-10-6-9(15)13-12(14-10)8-3-4-8/h6-8H,3-5H2,1-2H3,(H,13,14,15). The van der Waals surface area contributed by atoms with Crippen LogP contribution in [0.1, 0.15) is 37.9 Å². The number of H-pyrrole nitrogens is 1. The summed E-state index contributed by atoms with van der Waals surface area (Å²) in [6, 6.07) is 1.48. The van der Waals surface area contributed by atoms with Crippen molar-refractivity contribution in [1.82, 2.24) is 9.97 Å². The van der Waals surface area contributed by atoms with Crippen LogP contribution < -0.4 is 5.56 Å². The molecular formula is C12H16N2O3S. The van der Waals surface area contributed by atoms with Gasteiger partial charge in [-0.05, 0) is 12.8 Å². The Morgan fingerprint density at radius 1 is 1.67 bits per heavy atom. The highest BCUT2D eigenvalue weighted by Crippen LogP contribution is 2.38. The maximum absolute atomic E-state index is 11.5. The van der Waals surface area contributed by atoms with Gasteiger partial charge in [0.2, 0.25) is 0 Å². The maximum Gasteiger partial charge on any atom is 0.306 e. The van der Waals surface area contributed by atoms with Gasteiger partial charge in [-0.3, -0.25) is 9.59 Å². The number of aromatic nitrogens is 2. The van der Waals surface area contributed by atoms with E-state index in [0.717, 1.165) is 18.7 Å². The first kappa shape index (κ1) is 13.1. The number of hydrogen-bond donors (Lipinski definition) is 1. The Hall–Kier alpha value is -1.30. The van der Waals surface area contributed by atoms with Crippen molar-refractivity contribution in [1.29, 1.82) is 0 Å². The van der Waals surface area contributed by atoms with Crippen molar-refractivity contribution in [3.05, 3.63) is 22.2 Å². The van der Waals surface area contributed by atoms with E-state index in [1.165, 1.54) is 24.9 Å². The second-order valence-electron chi connectivity index (χ2n) is 4.45. The van der Waals surface area contributed by atoms with Gasteiger partial charge >= 0.3 is 5.97 Å². The molecule has 6 heteroatoms. The normalized spacial score (nSPS) is 16.3. The van der Waals surface area contributed by atoms with Gasteiger partial charge in [0.15, 0.2) is 0 Å². The molecule has 1 aromatic rings. The first-order valence-corrected chi connectivity index (χ1v) is 6.81. The second kappa shape index (κ2) is 5.56. The number of rotatable bonds is 5. The van der Waals surface area contributed by atoms with Crippen molar-refractivity contribution in [2.45, 2.75) is 42.4 Å². The SMILES string of the molecule is COC(=O)CC(C)Sc1cc(=O)[nH]c(C2CC2)n1. The number of aromatic amines is 1. The Kier molecular flexibility index (Phi) is 4.06. The summed E-state index contributed by atoms with van der Waals surface area (Å²) in [5.41, 5.74) is -0.125. The van der Waals surface area contributed by atoms with E-state index in [-0.39, 0.29) is 16.8 Å². The van der Waals surface area contributed by atoms with Crippen molar-refractivity contribution in [3.63, 3.8) is 0 Å². The lowest BCUT2D eigenvalue weighted by Gasteiger charge is -2.09. The third kappa shape index (κ3) is 3.60. The van der Waals surface area contributed by atoms with Crippen LogP contribution >= 0.6 is 11.8 Å². The highest BCUT2D eigenvalue weighted by Gasteiger charge is 2.26. The molecule has 1 aromatic heterocycles. The monoisotopic (exact) mass is 268 g/mol. The number of methoxy groups -OCH3 is 1. The Morgan fingerprint density at radius 2 is 2.39 bits per heavy atom. The largest absolute Gasteiger partial charge is 0.469 e. The van der Waals surface area contributed by atoms with Crippen molar-refractivity contribution >= 4 is 17.7 Å². The molecule has 18 heavy (non-hydrogen) atoms. The maximum atomic E-state index is 11.5. The highest BCUT2D eigenvalue weighted by molar-refractivity contribution is 7.99. The van der Waals surface area contributed by atoms with Gasteiger partial charge in [-0.25, -0.2) is 4.98 Å². The number of nitrogens with zero attached hydrogens (tertiary/aromatic N) is 1. The van der Waals surface area contributed by atoms with Crippen LogP contribution in [0.25, 0.3) is 0 Å². The molecule has 1 unspecified atom stereocenters. The Labute approximate surface area is 109 Å². The summed E-state index contributed by atoms with van der Waals surface area (Å²) in [7, 11) is 1.37. The van der Waals surface area contributed by atoms with E-state index in [4.69, 9.17) is 0 Å². The molecule has 0 aliphatic heterocycles. The van der Waals surface area contributed by atoms with Gasteiger partial charge in [0.25, 0.3) is 5.56 Å². The average Bonchev–Trinajstić information content (AvgIpc) is 3.11. The van der Waals surface area contributed by atoms with Gasteiger partial charge in [-0.2, -0.15) is 0 Å². The molecule has 1 aliphatic carbocycles. The smallest absolute Gasteiger partial charge is 0.306 e. The molecule has 5 nitrogen and oxygen atoms in total. The van der Waals surface area contributed by atoms with Crippen molar-refractivity contribution < 1.29 is 9.53 Å². The third-order valence-corrected chi connectivity index (χ3v) is 3.72. The van der Waals surface area contributed by atoms with E-state index in [0.29, 0.717) is 17.4 Å². The van der Waals surface area contributed by atoms with Crippen LogP contribution in [-0.2, 0) is 9.53 Å². The van der Waals surface area contributed by atoms with Gasteiger partial charge in [0, 0.05) is 17.2 Å². The van der Waals surface area contributed by atoms with Crippen LogP contribution in [0.4, 0.5) is 0 Å². The van der Waals surface area contributed by atoms with Gasteiger partial charge in [-0.1, -0.05) is 6.92 Å². The number of carbonyl (C=O) groups is 1. The zero-order valence-electron chi connectivity index (χ0n) is 10.4. The topological polar surface area (TPSA) is 72.1 Å². The van der Waals surface area contributed by atoms with Crippen molar-refractivity contribution in [2.75, 3.05) is 7.11 Å². The van der Waals surface area contributed by atoms with Crippen LogP contribution in [0.3, 0.4) is 0 Å². The lowest BCUT2D eigenvalue weighted by Crippen LogP contribution is -2.12. The van der Waals surface area contributed by atoms with E-state index in [1.54, 1.807) is 0 Å². The van der Waals surface area contributed by atoms with E-state index < -0.39 is 0 Å². The predicted molar refractivity (Wildman–Crippen MR) is 68.8 cm³/mol. The van der Waals surface area contributed by atoms with Crippen LogP contribution in [0, 0.1) is 0 Å². The van der Waals surface area contributed by atoms with Gasteiger partial charge in [0.05, 0.1) is 13.5 Å². The van der Waals surface area contributed by atoms with E-state index in [1.807, 2.05) is 6.92 Å². The molecule has 2 rings (SSSR count). The number of hydrogen-bond acceptors (Lipinski definition) is 5. The van der Waals surface area contributed by atoms with Crippen molar-refractivity contribution in [2.24, 2.45) is 0 Å². The fraction of sp³-hybridized carbons (Fsp3) is 0.583. The summed E-state index contributed by atoms with van der Waals surface area (Å²) in [4.78, 5) is 29.8. The van der Waals surface area contributed by atoms with Crippen LogP contribution in [0.5, 0.6) is 0 Å². The molecule has 1 atom stereocenters. The van der Waals surface area contributed by atoms with E-state index >= 15 is 0 Å². The minimum atomic E-state index is -0.248. The zero-order valence-corrected chi connectivity index (χ0v) is 11.3. The molecule has 0 aromatic carbocycles. The quantitative estimate of drug-likeness (QED) is 0.500. The molecule has 0 spiro atoms. The molecule has 1 heterocycles. The number of carbonyl (C=O) groups excluding carboxylic acids is 1. The Balaban J connectivity index is 2.04. The molecule has 98 valence electrons. The van der Waals surface area contributed by atoms with Crippen LogP contribution in [0.15, 0.2) is 15.9 Å². The lowest BCUT2D eigenvalue weighted by atomic mass is 10.3. The summed E-state index contributed by atoms with van der Waals surface area (Å²) < 4.78 is 4.61. The summed E-state index contributed by atoms with van der Waals surface area (Å²) in [5.74, 6) is 0.937. The second-order valence-corrected chi connectivity index (χ2v) is 5.91. The number of ether oxygens (including phenoxy) is 1. The van der Waals surface area contributed by atoms with Gasteiger partial charge in [-0.15, -0.1) is 11.8 Å². The van der Waals surface area contributed by atoms with Crippen molar-refractivity contribution in [3.8, 4) is 0 Å². The molecule has 1 N–H and O–H groups in total. The van der Waals surface area contributed by atoms with Crippen LogP contribution in [0.2, 0.25) is 0 Å². The molecule has 0 bridgehead atoms. The molecule has 1 saturated carbocycles. The number of thioether (sulfide) groups is 1. The zero-order chi connectivity index (χ0) is 13.1. The minimum absolute atomic E-state index is 0.0406. The summed E-state index contributed by atoms with van der Waals surface area (Å²) in [6.07, 6.45) is 2.50. The van der Waals surface area contributed by atoms with Gasteiger partial charge in [0.1, 0.15) is 10.9 Å². The fourth-order valence-corrected chi connectivity index (χ4v) is 2.59. The number of nitrogens with one attached hydrogen (secondary N) is 1. The Bertz CT molecular complexity index is 496. The van der Waals surface area contributed by atoms with Gasteiger partial charge < -0.3 is 9.72 Å². The minimum Gasteiger partial charge on any atom is -0.469 e. The molecule has 0 radical (unpaired) electrons. The fourth-order valence-electron chi connectivity index (χ4n) is 1.63. The summed E-state index contributed by atoms with van der Waals surface area (Å²) in [5, 5.41) is 0.718. The average molecular weight is 268 g/mol. The first-order valence-electron chi connectivity index (χ1n) is 5.93. The van der Waals surface area contributed by atoms with E-state index in [2.05, 4.69) is 14.7 Å². The third-order valence-electron chi connectivity index (χ3n) is 2.70. The molecular weight excluding hydrogens is 252 g/mol. The predicted octanol–water partition coefficient (Wildman–Crippen LogP) is 1.69. The number of esters is 1. The molecule has 0 saturated heterocycles. The molecule has 0 amide bonds. The first-order chi connectivity index (χ1) is 8.58. The lowest BCUT2D eigenvalue weighted by molar-refractivity contribution is -0.140. The summed E-state index contributed by atoms with van der Waals surface area (Å²) >= 11 is 1.43. The summed E-state index contributed by atoms with van der Waals surface area (Å²) in [6.45, 7) is 1.92. The van der Waals surface area contributed by atoms with Crippen LogP contribution in [-0.4, -0.2) is 28.3 Å². The highest BCUT2D eigenvalue weighted by atomic mass is 32.2. The Morgan fingerprint density at radius 3 is 3.00 bits per heavy atom. The molecule has 1 fully saturated rings.